The van der Waals surface area contributed by atoms with Gasteiger partial charge < -0.3 is 0 Å². The number of rotatable bonds is 3. The van der Waals surface area contributed by atoms with E-state index in [0.29, 0.717) is 0 Å². The maximum absolute atomic E-state index is 8.51. The minimum absolute atomic E-state index is 0.169. The van der Waals surface area contributed by atoms with Crippen molar-refractivity contribution >= 4 is 0 Å². The molecule has 1 rings (SSSR count). The predicted molar refractivity (Wildman–Crippen MR) is 55.0 cm³/mol. The molecule has 0 bridgehead atoms. The van der Waals surface area contributed by atoms with Crippen LogP contribution in [0, 0.1) is 0 Å². The summed E-state index contributed by atoms with van der Waals surface area (Å²) >= 11 is 0. The molecule has 5 heteroatoms. The average molecular weight is 195 g/mol. The van der Waals surface area contributed by atoms with E-state index in [0.717, 1.165) is 25.7 Å². The SMILES string of the molecule is CC(C)N=NC1(N=[N+]=[N-])CCCCC1. The maximum atomic E-state index is 8.51. The second-order valence-electron chi connectivity index (χ2n) is 4.04. The van der Waals surface area contributed by atoms with Crippen LogP contribution in [0.2, 0.25) is 0 Å². The van der Waals surface area contributed by atoms with Gasteiger partial charge in [-0.15, -0.1) is 0 Å². The molecular formula is C9H17N5. The van der Waals surface area contributed by atoms with E-state index in [2.05, 4.69) is 20.3 Å². The van der Waals surface area contributed by atoms with Crippen LogP contribution in [-0.2, 0) is 0 Å². The van der Waals surface area contributed by atoms with Gasteiger partial charge in [-0.25, -0.2) is 0 Å². The van der Waals surface area contributed by atoms with Crippen LogP contribution >= 0.6 is 0 Å². The lowest BCUT2D eigenvalue weighted by molar-refractivity contribution is 0.291. The Balaban J connectivity index is 2.74. The summed E-state index contributed by atoms with van der Waals surface area (Å²) in [6.45, 7) is 3.94. The number of hydrogen-bond donors (Lipinski definition) is 0. The summed E-state index contributed by atoms with van der Waals surface area (Å²) in [5.41, 5.74) is 7.93. The van der Waals surface area contributed by atoms with Crippen LogP contribution in [0.4, 0.5) is 0 Å². The molecule has 0 aromatic heterocycles. The van der Waals surface area contributed by atoms with Gasteiger partial charge >= 0.3 is 0 Å². The van der Waals surface area contributed by atoms with Gasteiger partial charge in [0.05, 0.1) is 6.04 Å². The van der Waals surface area contributed by atoms with Crippen molar-refractivity contribution in [1.29, 1.82) is 0 Å². The molecule has 1 aliphatic carbocycles. The first-order chi connectivity index (χ1) is 6.68. The van der Waals surface area contributed by atoms with Gasteiger partial charge in [0, 0.05) is 4.91 Å². The highest BCUT2D eigenvalue weighted by molar-refractivity contribution is 4.87. The number of azide groups is 1. The third-order valence-electron chi connectivity index (χ3n) is 2.36. The molecule has 0 aromatic carbocycles. The monoisotopic (exact) mass is 195 g/mol. The van der Waals surface area contributed by atoms with Crippen LogP contribution in [0.15, 0.2) is 15.3 Å². The molecule has 0 radical (unpaired) electrons. The summed E-state index contributed by atoms with van der Waals surface area (Å²) in [5, 5.41) is 12.1. The molecule has 0 atom stereocenters. The Labute approximate surface area is 84.2 Å². The van der Waals surface area contributed by atoms with Crippen molar-refractivity contribution in [3.05, 3.63) is 10.4 Å². The van der Waals surface area contributed by atoms with Gasteiger partial charge in [0.1, 0.15) is 0 Å². The molecule has 0 saturated heterocycles. The Morgan fingerprint density at radius 2 is 1.86 bits per heavy atom. The summed E-state index contributed by atoms with van der Waals surface area (Å²) in [4.78, 5) is 2.88. The van der Waals surface area contributed by atoms with Crippen LogP contribution in [0.3, 0.4) is 0 Å². The molecule has 5 nitrogen and oxygen atoms in total. The molecule has 0 aromatic rings. The normalized spacial score (nSPS) is 21.1. The first kappa shape index (κ1) is 11.0. The van der Waals surface area contributed by atoms with Gasteiger partial charge in [-0.3, -0.25) is 0 Å². The van der Waals surface area contributed by atoms with Crippen molar-refractivity contribution in [2.75, 3.05) is 0 Å². The van der Waals surface area contributed by atoms with Crippen molar-refractivity contribution in [3.8, 4) is 0 Å². The fourth-order valence-electron chi connectivity index (χ4n) is 1.64. The summed E-state index contributed by atoms with van der Waals surface area (Å²) in [5.74, 6) is 0. The Morgan fingerprint density at radius 3 is 2.36 bits per heavy atom. The van der Waals surface area contributed by atoms with E-state index in [-0.39, 0.29) is 6.04 Å². The average Bonchev–Trinajstić information content (AvgIpc) is 2.17. The van der Waals surface area contributed by atoms with E-state index in [9.17, 15) is 0 Å². The lowest BCUT2D eigenvalue weighted by Crippen LogP contribution is -2.26. The molecule has 14 heavy (non-hydrogen) atoms. The molecule has 1 aliphatic rings. The zero-order valence-corrected chi connectivity index (χ0v) is 8.85. The standard InChI is InChI=1S/C9H17N5/c1-8(2)11-12-9(13-14-10)6-4-3-5-7-9/h8H,3-7H2,1-2H3. The largest absolute Gasteiger partial charge is 0.191 e. The van der Waals surface area contributed by atoms with Crippen LogP contribution in [-0.4, -0.2) is 11.7 Å². The van der Waals surface area contributed by atoms with Crippen LogP contribution in [0.25, 0.3) is 10.4 Å². The van der Waals surface area contributed by atoms with Gasteiger partial charge in [0.2, 0.25) is 0 Å². The molecule has 0 amide bonds. The Morgan fingerprint density at radius 1 is 1.21 bits per heavy atom. The van der Waals surface area contributed by atoms with Gasteiger partial charge in [-0.1, -0.05) is 24.4 Å². The number of hydrogen-bond acceptors (Lipinski definition) is 3. The smallest absolute Gasteiger partial charge is 0.160 e. The van der Waals surface area contributed by atoms with Crippen LogP contribution in [0.1, 0.15) is 46.0 Å². The minimum atomic E-state index is -0.572. The van der Waals surface area contributed by atoms with Gasteiger partial charge in [0.25, 0.3) is 0 Å². The summed E-state index contributed by atoms with van der Waals surface area (Å²) < 4.78 is 0. The molecule has 0 N–H and O–H groups in total. The Hall–Kier alpha value is -1.09. The number of azo groups is 1. The van der Waals surface area contributed by atoms with E-state index in [1.807, 2.05) is 13.8 Å². The topological polar surface area (TPSA) is 73.5 Å². The van der Waals surface area contributed by atoms with E-state index < -0.39 is 5.66 Å². The fourth-order valence-corrected chi connectivity index (χ4v) is 1.64. The highest BCUT2D eigenvalue weighted by Gasteiger charge is 2.30. The molecule has 78 valence electrons. The van der Waals surface area contributed by atoms with Gasteiger partial charge in [-0.05, 0) is 32.2 Å². The van der Waals surface area contributed by atoms with E-state index >= 15 is 0 Å². The van der Waals surface area contributed by atoms with Crippen molar-refractivity contribution < 1.29 is 0 Å². The maximum Gasteiger partial charge on any atom is 0.160 e. The molecule has 1 saturated carbocycles. The lowest BCUT2D eigenvalue weighted by atomic mass is 9.90. The summed E-state index contributed by atoms with van der Waals surface area (Å²) in [6.07, 6.45) is 5.05. The van der Waals surface area contributed by atoms with E-state index in [1.54, 1.807) is 0 Å². The zero-order chi connectivity index (χ0) is 10.4. The van der Waals surface area contributed by atoms with Gasteiger partial charge in [-0.2, -0.15) is 10.2 Å². The minimum Gasteiger partial charge on any atom is -0.191 e. The van der Waals surface area contributed by atoms with Crippen molar-refractivity contribution in [3.63, 3.8) is 0 Å². The molecule has 0 aliphatic heterocycles. The third kappa shape index (κ3) is 3.00. The van der Waals surface area contributed by atoms with Gasteiger partial charge in [0.15, 0.2) is 5.66 Å². The van der Waals surface area contributed by atoms with Crippen molar-refractivity contribution in [2.24, 2.45) is 15.3 Å². The third-order valence-corrected chi connectivity index (χ3v) is 2.36. The zero-order valence-electron chi connectivity index (χ0n) is 8.85. The highest BCUT2D eigenvalue weighted by atomic mass is 15.3. The highest BCUT2D eigenvalue weighted by Crippen LogP contribution is 2.33. The first-order valence-electron chi connectivity index (χ1n) is 5.17. The molecule has 0 heterocycles. The fraction of sp³-hybridized carbons (Fsp3) is 1.00. The Kier molecular flexibility index (Phi) is 3.89. The van der Waals surface area contributed by atoms with E-state index in [1.165, 1.54) is 6.42 Å². The summed E-state index contributed by atoms with van der Waals surface area (Å²) in [7, 11) is 0. The number of nitrogens with zero attached hydrogens (tertiary/aromatic N) is 5. The van der Waals surface area contributed by atoms with E-state index in [4.69, 9.17) is 5.53 Å². The Bertz CT molecular complexity index is 246. The van der Waals surface area contributed by atoms with Crippen LogP contribution in [0.5, 0.6) is 0 Å². The molecule has 0 unspecified atom stereocenters. The summed E-state index contributed by atoms with van der Waals surface area (Å²) in [6, 6.07) is 0.169. The molecule has 1 fully saturated rings. The quantitative estimate of drug-likeness (QED) is 0.373. The lowest BCUT2D eigenvalue weighted by Gasteiger charge is -2.27. The van der Waals surface area contributed by atoms with Crippen molar-refractivity contribution in [2.45, 2.75) is 57.7 Å². The van der Waals surface area contributed by atoms with Crippen molar-refractivity contribution in [1.82, 2.24) is 0 Å². The first-order valence-corrected chi connectivity index (χ1v) is 5.17. The van der Waals surface area contributed by atoms with Crippen LogP contribution < -0.4 is 0 Å². The molecular weight excluding hydrogens is 178 g/mol. The predicted octanol–water partition coefficient (Wildman–Crippen LogP) is 3.82. The second kappa shape index (κ2) is 4.96. The second-order valence-corrected chi connectivity index (χ2v) is 4.04. The molecule has 0 spiro atoms.